The lowest BCUT2D eigenvalue weighted by atomic mass is 10.1. The summed E-state index contributed by atoms with van der Waals surface area (Å²) >= 11 is 0. The molecule has 1 atom stereocenters. The van der Waals surface area contributed by atoms with Gasteiger partial charge in [-0.05, 0) is 42.5 Å². The Bertz CT molecular complexity index is 585. The average Bonchev–Trinajstić information content (AvgIpc) is 3.10. The van der Waals surface area contributed by atoms with Crippen molar-refractivity contribution in [2.75, 3.05) is 25.6 Å². The van der Waals surface area contributed by atoms with Gasteiger partial charge in [0.15, 0.2) is 0 Å². The van der Waals surface area contributed by atoms with Crippen LogP contribution in [0.3, 0.4) is 0 Å². The summed E-state index contributed by atoms with van der Waals surface area (Å²) in [5, 5.41) is 1.20. The first-order valence-corrected chi connectivity index (χ1v) is 7.34. The van der Waals surface area contributed by atoms with Crippen molar-refractivity contribution in [1.29, 1.82) is 0 Å². The van der Waals surface area contributed by atoms with Crippen LogP contribution in [0.1, 0.15) is 24.0 Å². The lowest BCUT2D eigenvalue weighted by Crippen LogP contribution is -2.34. The molecule has 3 rings (SSSR count). The number of carbonyl (C=O) groups excluding carboxylic acids is 2. The standard InChI is InChI=1S/C16H20N2O3/c1-17(21-2)16(20)13-9-15(19)18(10-13)14-7-6-11-4-3-5-12(11)8-14/h6-8,13H,3-5,9-10H2,1-2H3. The maximum atomic E-state index is 12.2. The molecule has 5 heteroatoms. The second kappa shape index (κ2) is 5.48. The largest absolute Gasteiger partial charge is 0.312 e. The summed E-state index contributed by atoms with van der Waals surface area (Å²) in [6, 6.07) is 6.21. The summed E-state index contributed by atoms with van der Waals surface area (Å²) < 4.78 is 0. The topological polar surface area (TPSA) is 49.9 Å². The number of hydroxylamine groups is 2. The fourth-order valence-corrected chi connectivity index (χ4v) is 3.20. The number of rotatable bonds is 3. The van der Waals surface area contributed by atoms with Crippen molar-refractivity contribution in [3.8, 4) is 0 Å². The molecule has 0 saturated carbocycles. The van der Waals surface area contributed by atoms with Crippen LogP contribution in [0.15, 0.2) is 18.2 Å². The summed E-state index contributed by atoms with van der Waals surface area (Å²) in [4.78, 5) is 31.0. The molecule has 5 nitrogen and oxygen atoms in total. The maximum Gasteiger partial charge on any atom is 0.251 e. The third-order valence-corrected chi connectivity index (χ3v) is 4.45. The number of anilines is 1. The Morgan fingerprint density at radius 1 is 1.33 bits per heavy atom. The van der Waals surface area contributed by atoms with Gasteiger partial charge in [-0.15, -0.1) is 0 Å². The smallest absolute Gasteiger partial charge is 0.251 e. The predicted octanol–water partition coefficient (Wildman–Crippen LogP) is 1.55. The number of aryl methyl sites for hydroxylation is 2. The number of fused-ring (bicyclic) bond motifs is 1. The highest BCUT2D eigenvalue weighted by Gasteiger charge is 2.37. The monoisotopic (exact) mass is 288 g/mol. The molecule has 1 aliphatic carbocycles. The van der Waals surface area contributed by atoms with E-state index in [1.165, 1.54) is 29.7 Å². The Hall–Kier alpha value is -1.88. The van der Waals surface area contributed by atoms with E-state index in [1.807, 2.05) is 6.07 Å². The predicted molar refractivity (Wildman–Crippen MR) is 78.7 cm³/mol. The van der Waals surface area contributed by atoms with E-state index < -0.39 is 0 Å². The molecule has 1 aliphatic heterocycles. The quantitative estimate of drug-likeness (QED) is 0.793. The molecule has 2 aliphatic rings. The van der Waals surface area contributed by atoms with Crippen LogP contribution in [0.25, 0.3) is 0 Å². The van der Waals surface area contributed by atoms with Crippen molar-refractivity contribution in [3.63, 3.8) is 0 Å². The van der Waals surface area contributed by atoms with Crippen molar-refractivity contribution in [1.82, 2.24) is 5.06 Å². The van der Waals surface area contributed by atoms with Gasteiger partial charge in [0, 0.05) is 25.7 Å². The molecule has 0 aromatic heterocycles. The molecule has 21 heavy (non-hydrogen) atoms. The minimum absolute atomic E-state index is 0.0100. The highest BCUT2D eigenvalue weighted by molar-refractivity contribution is 6.00. The van der Waals surface area contributed by atoms with Crippen LogP contribution in [0, 0.1) is 5.92 Å². The van der Waals surface area contributed by atoms with Crippen molar-refractivity contribution >= 4 is 17.5 Å². The first kappa shape index (κ1) is 14.1. The molecule has 0 spiro atoms. The fraction of sp³-hybridized carbons (Fsp3) is 0.500. The number of hydrogen-bond acceptors (Lipinski definition) is 3. The molecule has 1 unspecified atom stereocenters. The van der Waals surface area contributed by atoms with Gasteiger partial charge in [0.1, 0.15) is 0 Å². The first-order chi connectivity index (χ1) is 10.1. The van der Waals surface area contributed by atoms with E-state index in [-0.39, 0.29) is 24.2 Å². The molecular formula is C16H20N2O3. The molecule has 2 amide bonds. The maximum absolute atomic E-state index is 12.2. The fourth-order valence-electron chi connectivity index (χ4n) is 3.20. The SMILES string of the molecule is CON(C)C(=O)C1CC(=O)N(c2ccc3c(c2)CCC3)C1. The van der Waals surface area contributed by atoms with E-state index in [1.54, 1.807) is 11.9 Å². The highest BCUT2D eigenvalue weighted by Crippen LogP contribution is 2.30. The van der Waals surface area contributed by atoms with Gasteiger partial charge >= 0.3 is 0 Å². The molecular weight excluding hydrogens is 268 g/mol. The van der Waals surface area contributed by atoms with Gasteiger partial charge in [-0.25, -0.2) is 5.06 Å². The van der Waals surface area contributed by atoms with E-state index in [0.717, 1.165) is 18.5 Å². The zero-order valence-corrected chi connectivity index (χ0v) is 12.5. The van der Waals surface area contributed by atoms with E-state index in [4.69, 9.17) is 4.84 Å². The summed E-state index contributed by atoms with van der Waals surface area (Å²) in [6.45, 7) is 0.435. The Kier molecular flexibility index (Phi) is 3.68. The molecule has 0 N–H and O–H groups in total. The Labute approximate surface area is 124 Å². The summed E-state index contributed by atoms with van der Waals surface area (Å²) in [5.41, 5.74) is 3.64. The van der Waals surface area contributed by atoms with Gasteiger partial charge in [-0.3, -0.25) is 14.4 Å². The second-order valence-corrected chi connectivity index (χ2v) is 5.73. The van der Waals surface area contributed by atoms with Crippen LogP contribution < -0.4 is 4.90 Å². The second-order valence-electron chi connectivity index (χ2n) is 5.73. The normalized spacial score (nSPS) is 20.8. The van der Waals surface area contributed by atoms with Crippen LogP contribution >= 0.6 is 0 Å². The van der Waals surface area contributed by atoms with Crippen molar-refractivity contribution in [2.24, 2.45) is 5.92 Å². The van der Waals surface area contributed by atoms with Crippen LogP contribution in [-0.4, -0.2) is 37.6 Å². The summed E-state index contributed by atoms with van der Waals surface area (Å²) in [6.07, 6.45) is 3.65. The Morgan fingerprint density at radius 3 is 2.86 bits per heavy atom. The number of amides is 2. The van der Waals surface area contributed by atoms with Crippen LogP contribution in [0.4, 0.5) is 5.69 Å². The van der Waals surface area contributed by atoms with Gasteiger partial charge in [0.2, 0.25) is 5.91 Å². The van der Waals surface area contributed by atoms with Crippen LogP contribution in [0.2, 0.25) is 0 Å². The van der Waals surface area contributed by atoms with Crippen LogP contribution in [0.5, 0.6) is 0 Å². The molecule has 0 radical (unpaired) electrons. The van der Waals surface area contributed by atoms with Crippen molar-refractivity contribution in [3.05, 3.63) is 29.3 Å². The van der Waals surface area contributed by atoms with Gasteiger partial charge in [-0.2, -0.15) is 0 Å². The Balaban J connectivity index is 1.78. The van der Waals surface area contributed by atoms with Gasteiger partial charge in [0.05, 0.1) is 13.0 Å². The van der Waals surface area contributed by atoms with Crippen molar-refractivity contribution in [2.45, 2.75) is 25.7 Å². The molecule has 1 aromatic rings. The third kappa shape index (κ3) is 2.53. The van der Waals surface area contributed by atoms with E-state index in [0.29, 0.717) is 6.54 Å². The number of hydrogen-bond donors (Lipinski definition) is 0. The molecule has 1 saturated heterocycles. The molecule has 0 bridgehead atoms. The van der Waals surface area contributed by atoms with E-state index in [2.05, 4.69) is 12.1 Å². The summed E-state index contributed by atoms with van der Waals surface area (Å²) in [7, 11) is 3.03. The minimum atomic E-state index is -0.323. The first-order valence-electron chi connectivity index (χ1n) is 7.34. The zero-order chi connectivity index (χ0) is 15.0. The number of nitrogens with zero attached hydrogens (tertiary/aromatic N) is 2. The lowest BCUT2D eigenvalue weighted by Gasteiger charge is -2.20. The minimum Gasteiger partial charge on any atom is -0.312 e. The Morgan fingerprint density at radius 2 is 2.10 bits per heavy atom. The number of carbonyl (C=O) groups is 2. The molecule has 112 valence electrons. The van der Waals surface area contributed by atoms with Gasteiger partial charge in [0.25, 0.3) is 5.91 Å². The number of benzene rings is 1. The molecule has 1 aromatic carbocycles. The molecule has 1 fully saturated rings. The van der Waals surface area contributed by atoms with Gasteiger partial charge in [-0.1, -0.05) is 6.07 Å². The summed E-state index contributed by atoms with van der Waals surface area (Å²) in [5.74, 6) is -0.457. The van der Waals surface area contributed by atoms with E-state index in [9.17, 15) is 9.59 Å². The third-order valence-electron chi connectivity index (χ3n) is 4.45. The average molecular weight is 288 g/mol. The highest BCUT2D eigenvalue weighted by atomic mass is 16.7. The van der Waals surface area contributed by atoms with Crippen LogP contribution in [-0.2, 0) is 27.3 Å². The zero-order valence-electron chi connectivity index (χ0n) is 12.5. The van der Waals surface area contributed by atoms with E-state index >= 15 is 0 Å². The van der Waals surface area contributed by atoms with Crippen molar-refractivity contribution < 1.29 is 14.4 Å². The van der Waals surface area contributed by atoms with Gasteiger partial charge < -0.3 is 4.90 Å². The molecule has 1 heterocycles. The lowest BCUT2D eigenvalue weighted by molar-refractivity contribution is -0.172.